The molecule has 0 radical (unpaired) electrons. The van der Waals surface area contributed by atoms with Crippen molar-refractivity contribution in [2.75, 3.05) is 10.8 Å². The molecule has 0 saturated heterocycles. The van der Waals surface area contributed by atoms with E-state index in [2.05, 4.69) is 0 Å². The van der Waals surface area contributed by atoms with Crippen LogP contribution in [0.4, 0.5) is 10.1 Å². The molecule has 0 amide bonds. The third-order valence-electron chi connectivity index (χ3n) is 4.30. The summed E-state index contributed by atoms with van der Waals surface area (Å²) in [5, 5.41) is 1.38. The molecule has 3 aromatic rings. The molecule has 0 N–H and O–H groups in total. The maximum absolute atomic E-state index is 13.6. The minimum atomic E-state index is -3.83. The van der Waals surface area contributed by atoms with Gasteiger partial charge in [0.15, 0.2) is 0 Å². The Morgan fingerprint density at radius 3 is 2.50 bits per heavy atom. The van der Waals surface area contributed by atoms with E-state index >= 15 is 0 Å². The van der Waals surface area contributed by atoms with E-state index in [1.165, 1.54) is 24.3 Å². The number of hydrogen-bond donors (Lipinski definition) is 0. The van der Waals surface area contributed by atoms with Crippen LogP contribution in [0.15, 0.2) is 65.6 Å². The molecule has 5 nitrogen and oxygen atoms in total. The summed E-state index contributed by atoms with van der Waals surface area (Å²) in [6.07, 6.45) is 0. The largest absolute Gasteiger partial charge is 0.459 e. The van der Waals surface area contributed by atoms with E-state index in [9.17, 15) is 17.6 Å². The Morgan fingerprint density at radius 2 is 1.73 bits per heavy atom. The average Bonchev–Trinajstić information content (AvgIpc) is 2.85. The Kier molecular flexibility index (Phi) is 3.88. The fourth-order valence-corrected chi connectivity index (χ4v) is 4.72. The molecule has 1 heterocycles. The first-order valence-electron chi connectivity index (χ1n) is 7.92. The number of sulfonamides is 1. The van der Waals surface area contributed by atoms with Crippen LogP contribution in [0.3, 0.4) is 0 Å². The maximum Gasteiger partial charge on any atom is 0.327 e. The summed E-state index contributed by atoms with van der Waals surface area (Å²) in [6, 6.07) is 16.2. The number of benzene rings is 3. The number of carbonyl (C=O) groups is 1. The number of carbonyl (C=O) groups excluding carboxylic acids is 1. The molecular formula is C19H14FNO4S. The van der Waals surface area contributed by atoms with Gasteiger partial charge in [-0.3, -0.25) is 9.10 Å². The van der Waals surface area contributed by atoms with Crippen molar-refractivity contribution in [1.82, 2.24) is 0 Å². The van der Waals surface area contributed by atoms with Crippen LogP contribution < -0.4 is 4.31 Å². The highest BCUT2D eigenvalue weighted by molar-refractivity contribution is 7.93. The fraction of sp³-hybridized carbons (Fsp3) is 0.105. The standard InChI is InChI=1S/C19H14FNO4S/c20-15-8-2-1-5-14(15)12-25-18(22)11-21-16-9-3-6-13-7-4-10-17(19(13)16)26(21,23)24/h1-10H,11-12H2. The van der Waals surface area contributed by atoms with Gasteiger partial charge in [-0.25, -0.2) is 12.8 Å². The number of halogens is 1. The summed E-state index contributed by atoms with van der Waals surface area (Å²) in [5.74, 6) is -1.23. The van der Waals surface area contributed by atoms with Crippen molar-refractivity contribution in [2.45, 2.75) is 11.5 Å². The van der Waals surface area contributed by atoms with E-state index < -0.39 is 28.4 Å². The van der Waals surface area contributed by atoms with Gasteiger partial charge < -0.3 is 4.74 Å². The van der Waals surface area contributed by atoms with Gasteiger partial charge in [-0.1, -0.05) is 42.5 Å². The molecule has 132 valence electrons. The first kappa shape index (κ1) is 16.5. The maximum atomic E-state index is 13.6. The van der Waals surface area contributed by atoms with Crippen molar-refractivity contribution in [3.63, 3.8) is 0 Å². The van der Waals surface area contributed by atoms with Gasteiger partial charge in [0.05, 0.1) is 10.6 Å². The van der Waals surface area contributed by atoms with Gasteiger partial charge in [0, 0.05) is 10.9 Å². The molecule has 0 aromatic heterocycles. The molecular weight excluding hydrogens is 357 g/mol. The third kappa shape index (κ3) is 2.61. The van der Waals surface area contributed by atoms with Crippen molar-refractivity contribution in [3.05, 3.63) is 72.0 Å². The number of anilines is 1. The van der Waals surface area contributed by atoms with Crippen LogP contribution in [-0.2, 0) is 26.2 Å². The van der Waals surface area contributed by atoms with Crippen molar-refractivity contribution >= 4 is 32.5 Å². The topological polar surface area (TPSA) is 63.7 Å². The normalized spacial score (nSPS) is 14.6. The van der Waals surface area contributed by atoms with E-state index in [0.717, 1.165) is 9.69 Å². The Labute approximate surface area is 149 Å². The second-order valence-corrected chi connectivity index (χ2v) is 7.73. The van der Waals surface area contributed by atoms with Gasteiger partial charge in [-0.2, -0.15) is 0 Å². The van der Waals surface area contributed by atoms with Crippen molar-refractivity contribution in [1.29, 1.82) is 0 Å². The second-order valence-electron chi connectivity index (χ2n) is 5.90. The lowest BCUT2D eigenvalue weighted by atomic mass is 10.1. The van der Waals surface area contributed by atoms with E-state index in [4.69, 9.17) is 4.74 Å². The molecule has 26 heavy (non-hydrogen) atoms. The zero-order valence-electron chi connectivity index (χ0n) is 13.6. The lowest BCUT2D eigenvalue weighted by Gasteiger charge is -2.17. The van der Waals surface area contributed by atoms with Crippen molar-refractivity contribution in [2.24, 2.45) is 0 Å². The molecule has 0 bridgehead atoms. The van der Waals surface area contributed by atoms with Crippen molar-refractivity contribution in [3.8, 4) is 0 Å². The van der Waals surface area contributed by atoms with Gasteiger partial charge >= 0.3 is 5.97 Å². The number of rotatable bonds is 4. The fourth-order valence-electron chi connectivity index (χ4n) is 3.07. The van der Waals surface area contributed by atoms with E-state index in [1.54, 1.807) is 24.3 Å². The molecule has 3 aromatic carbocycles. The Hall–Kier alpha value is -2.93. The van der Waals surface area contributed by atoms with Crippen LogP contribution in [0.2, 0.25) is 0 Å². The van der Waals surface area contributed by atoms with Gasteiger partial charge in [0.1, 0.15) is 19.0 Å². The summed E-state index contributed by atoms with van der Waals surface area (Å²) in [6.45, 7) is -0.721. The molecule has 4 rings (SSSR count). The van der Waals surface area contributed by atoms with Gasteiger partial charge in [0.2, 0.25) is 0 Å². The molecule has 0 aliphatic carbocycles. The third-order valence-corrected chi connectivity index (χ3v) is 6.10. The van der Waals surface area contributed by atoms with Gasteiger partial charge in [0.25, 0.3) is 10.0 Å². The highest BCUT2D eigenvalue weighted by Crippen LogP contribution is 2.41. The summed E-state index contributed by atoms with van der Waals surface area (Å²) in [5.41, 5.74) is 0.677. The SMILES string of the molecule is O=C(CN1c2cccc3cccc(c23)S1(=O)=O)OCc1ccccc1F. The van der Waals surface area contributed by atoms with Crippen molar-refractivity contribution < 1.29 is 22.3 Å². The molecule has 1 aliphatic rings. The predicted octanol–water partition coefficient (Wildman–Crippen LogP) is 3.23. The highest BCUT2D eigenvalue weighted by Gasteiger charge is 2.36. The van der Waals surface area contributed by atoms with E-state index in [1.807, 2.05) is 12.1 Å². The smallest absolute Gasteiger partial charge is 0.327 e. The van der Waals surface area contributed by atoms with Gasteiger partial charge in [-0.05, 0) is 23.6 Å². The van der Waals surface area contributed by atoms with E-state index in [-0.39, 0.29) is 17.1 Å². The summed E-state index contributed by atoms with van der Waals surface area (Å²) in [7, 11) is -3.83. The number of hydrogen-bond acceptors (Lipinski definition) is 4. The van der Waals surface area contributed by atoms with Crippen LogP contribution in [0, 0.1) is 5.82 Å². The lowest BCUT2D eigenvalue weighted by Crippen LogP contribution is -2.33. The summed E-state index contributed by atoms with van der Waals surface area (Å²) in [4.78, 5) is 12.4. The quantitative estimate of drug-likeness (QED) is 0.661. The predicted molar refractivity (Wildman–Crippen MR) is 94.7 cm³/mol. The number of ether oxygens (including phenoxy) is 1. The molecule has 0 fully saturated rings. The van der Waals surface area contributed by atoms with E-state index in [0.29, 0.717) is 11.1 Å². The summed E-state index contributed by atoms with van der Waals surface area (Å²) < 4.78 is 45.3. The van der Waals surface area contributed by atoms with Crippen LogP contribution >= 0.6 is 0 Å². The average molecular weight is 371 g/mol. The first-order chi connectivity index (χ1) is 12.5. The monoisotopic (exact) mass is 371 g/mol. The van der Waals surface area contributed by atoms with Gasteiger partial charge in [-0.15, -0.1) is 0 Å². The van der Waals surface area contributed by atoms with Crippen LogP contribution in [0.1, 0.15) is 5.56 Å². The van der Waals surface area contributed by atoms with Crippen LogP contribution in [0.5, 0.6) is 0 Å². The molecule has 0 unspecified atom stereocenters. The summed E-state index contributed by atoms with van der Waals surface area (Å²) >= 11 is 0. The molecule has 0 atom stereocenters. The van der Waals surface area contributed by atoms with Crippen LogP contribution in [-0.4, -0.2) is 20.9 Å². The zero-order valence-corrected chi connectivity index (χ0v) is 14.4. The second kappa shape index (κ2) is 6.10. The number of esters is 1. The Bertz CT molecular complexity index is 1120. The minimum absolute atomic E-state index is 0.174. The lowest BCUT2D eigenvalue weighted by molar-refractivity contribution is -0.143. The molecule has 0 spiro atoms. The highest BCUT2D eigenvalue weighted by atomic mass is 32.2. The Morgan fingerprint density at radius 1 is 1.00 bits per heavy atom. The molecule has 0 saturated carbocycles. The number of nitrogens with zero attached hydrogens (tertiary/aromatic N) is 1. The Balaban J connectivity index is 1.58. The molecule has 7 heteroatoms. The minimum Gasteiger partial charge on any atom is -0.459 e. The first-order valence-corrected chi connectivity index (χ1v) is 9.36. The molecule has 1 aliphatic heterocycles. The van der Waals surface area contributed by atoms with Crippen LogP contribution in [0.25, 0.3) is 10.8 Å². The zero-order chi connectivity index (χ0) is 18.3.